The second-order valence-corrected chi connectivity index (χ2v) is 5.77. The molecule has 0 aliphatic carbocycles. The van der Waals surface area contributed by atoms with E-state index < -0.39 is 11.9 Å². The Kier molecular flexibility index (Phi) is 5.76. The largest absolute Gasteiger partial charge is 0.476 e. The van der Waals surface area contributed by atoms with Gasteiger partial charge in [0.15, 0.2) is 5.96 Å². The van der Waals surface area contributed by atoms with Crippen molar-refractivity contribution in [2.75, 3.05) is 37.7 Å². The molecular formula is C13H17F3N4OS. The zero-order chi connectivity index (χ0) is 16.0. The molecule has 9 heteroatoms. The lowest BCUT2D eigenvalue weighted by molar-refractivity contribution is -0.141. The Hall–Kier alpha value is -1.64. The van der Waals surface area contributed by atoms with Crippen LogP contribution < -0.4 is 10.5 Å². The SMILES string of the molecule is NC(=NCCOc1cccc(C(F)(F)F)n1)N1CCSCC1. The lowest BCUT2D eigenvalue weighted by Gasteiger charge is -2.27. The lowest BCUT2D eigenvalue weighted by Crippen LogP contribution is -2.42. The molecule has 0 radical (unpaired) electrons. The molecule has 1 saturated heterocycles. The third-order valence-electron chi connectivity index (χ3n) is 2.96. The fourth-order valence-electron chi connectivity index (χ4n) is 1.86. The third kappa shape index (κ3) is 4.97. The number of aliphatic imine (C=N–C) groups is 1. The third-order valence-corrected chi connectivity index (χ3v) is 3.91. The molecule has 1 aromatic heterocycles. The van der Waals surface area contributed by atoms with Crippen molar-refractivity contribution >= 4 is 17.7 Å². The maximum Gasteiger partial charge on any atom is 0.433 e. The summed E-state index contributed by atoms with van der Waals surface area (Å²) >= 11 is 1.87. The van der Waals surface area contributed by atoms with Gasteiger partial charge in [0.05, 0.1) is 6.54 Å². The molecule has 0 bridgehead atoms. The predicted molar refractivity (Wildman–Crippen MR) is 80.1 cm³/mol. The first-order valence-corrected chi connectivity index (χ1v) is 7.92. The van der Waals surface area contributed by atoms with Crippen molar-refractivity contribution in [1.29, 1.82) is 0 Å². The molecule has 1 aromatic rings. The van der Waals surface area contributed by atoms with E-state index in [0.717, 1.165) is 30.7 Å². The Labute approximate surface area is 130 Å². The van der Waals surface area contributed by atoms with Gasteiger partial charge in [-0.3, -0.25) is 0 Å². The van der Waals surface area contributed by atoms with Gasteiger partial charge in [-0.2, -0.15) is 24.9 Å². The number of alkyl halides is 3. The van der Waals surface area contributed by atoms with E-state index in [1.54, 1.807) is 0 Å². The van der Waals surface area contributed by atoms with Crippen LogP contribution in [0.2, 0.25) is 0 Å². The number of nitrogens with zero attached hydrogens (tertiary/aromatic N) is 3. The maximum absolute atomic E-state index is 12.5. The number of halogens is 3. The van der Waals surface area contributed by atoms with Gasteiger partial charge in [-0.1, -0.05) is 6.07 Å². The Balaban J connectivity index is 1.81. The summed E-state index contributed by atoms with van der Waals surface area (Å²) in [5.74, 6) is 2.40. The van der Waals surface area contributed by atoms with Gasteiger partial charge in [0, 0.05) is 30.7 Å². The molecule has 122 valence electrons. The molecule has 1 aliphatic heterocycles. The smallest absolute Gasteiger partial charge is 0.433 e. The molecule has 2 rings (SSSR count). The highest BCUT2D eigenvalue weighted by atomic mass is 32.2. The van der Waals surface area contributed by atoms with Gasteiger partial charge in [-0.25, -0.2) is 9.98 Å². The van der Waals surface area contributed by atoms with Crippen LogP contribution in [0.5, 0.6) is 5.88 Å². The number of hydrogen-bond acceptors (Lipinski definition) is 4. The van der Waals surface area contributed by atoms with Crippen LogP contribution in [0, 0.1) is 0 Å². The second-order valence-electron chi connectivity index (χ2n) is 4.55. The zero-order valence-corrected chi connectivity index (χ0v) is 12.7. The van der Waals surface area contributed by atoms with Gasteiger partial charge < -0.3 is 15.4 Å². The summed E-state index contributed by atoms with van der Waals surface area (Å²) in [6, 6.07) is 3.54. The van der Waals surface area contributed by atoms with E-state index in [4.69, 9.17) is 10.5 Å². The van der Waals surface area contributed by atoms with Crippen molar-refractivity contribution < 1.29 is 17.9 Å². The van der Waals surface area contributed by atoms with Crippen LogP contribution in [0.1, 0.15) is 5.69 Å². The van der Waals surface area contributed by atoms with Crippen LogP contribution in [0.25, 0.3) is 0 Å². The average molecular weight is 334 g/mol. The van der Waals surface area contributed by atoms with Gasteiger partial charge in [-0.15, -0.1) is 0 Å². The quantitative estimate of drug-likeness (QED) is 0.517. The molecule has 0 saturated carbocycles. The number of thioether (sulfide) groups is 1. The van der Waals surface area contributed by atoms with Crippen LogP contribution in [-0.4, -0.2) is 53.6 Å². The van der Waals surface area contributed by atoms with E-state index in [9.17, 15) is 13.2 Å². The van der Waals surface area contributed by atoms with Crippen LogP contribution in [-0.2, 0) is 6.18 Å². The summed E-state index contributed by atoms with van der Waals surface area (Å²) in [7, 11) is 0. The predicted octanol–water partition coefficient (Wildman–Crippen LogP) is 1.84. The number of nitrogens with two attached hydrogens (primary N) is 1. The van der Waals surface area contributed by atoms with E-state index in [1.165, 1.54) is 12.1 Å². The second kappa shape index (κ2) is 7.57. The Morgan fingerprint density at radius 3 is 2.77 bits per heavy atom. The van der Waals surface area contributed by atoms with Gasteiger partial charge in [0.2, 0.25) is 5.88 Å². The summed E-state index contributed by atoms with van der Waals surface area (Å²) < 4.78 is 42.7. The number of hydrogen-bond donors (Lipinski definition) is 1. The molecule has 1 aliphatic rings. The number of pyridine rings is 1. The number of aromatic nitrogens is 1. The van der Waals surface area contributed by atoms with Crippen molar-refractivity contribution in [3.63, 3.8) is 0 Å². The summed E-state index contributed by atoms with van der Waals surface area (Å²) in [5, 5.41) is 0. The Bertz CT molecular complexity index is 518. The van der Waals surface area contributed by atoms with E-state index >= 15 is 0 Å². The molecule has 5 nitrogen and oxygen atoms in total. The summed E-state index contributed by atoms with van der Waals surface area (Å²) in [5.41, 5.74) is 4.88. The first kappa shape index (κ1) is 16.7. The van der Waals surface area contributed by atoms with Gasteiger partial charge in [-0.05, 0) is 6.07 Å². The maximum atomic E-state index is 12.5. The minimum atomic E-state index is -4.48. The van der Waals surface area contributed by atoms with Gasteiger partial charge in [0.25, 0.3) is 0 Å². The normalized spacial score (nSPS) is 16.7. The van der Waals surface area contributed by atoms with Crippen molar-refractivity contribution in [3.8, 4) is 5.88 Å². The van der Waals surface area contributed by atoms with E-state index in [1.807, 2.05) is 16.7 Å². The molecule has 0 aromatic carbocycles. The molecular weight excluding hydrogens is 317 g/mol. The van der Waals surface area contributed by atoms with Crippen molar-refractivity contribution in [2.24, 2.45) is 10.7 Å². The van der Waals surface area contributed by atoms with E-state index in [-0.39, 0.29) is 19.0 Å². The van der Waals surface area contributed by atoms with Crippen LogP contribution in [0.3, 0.4) is 0 Å². The van der Waals surface area contributed by atoms with Crippen LogP contribution >= 0.6 is 11.8 Å². The highest BCUT2D eigenvalue weighted by molar-refractivity contribution is 7.99. The molecule has 1 fully saturated rings. The van der Waals surface area contributed by atoms with Gasteiger partial charge in [0.1, 0.15) is 12.3 Å². The molecule has 2 N–H and O–H groups in total. The molecule has 22 heavy (non-hydrogen) atoms. The number of rotatable bonds is 4. The number of guanidine groups is 1. The standard InChI is InChI=1S/C13H17F3N4OS/c14-13(15,16)10-2-1-3-11(19-10)21-7-4-18-12(17)20-5-8-22-9-6-20/h1-3H,4-9H2,(H2,17,18). The summed E-state index contributed by atoms with van der Waals surface area (Å²) in [4.78, 5) is 9.57. The fraction of sp³-hybridized carbons (Fsp3) is 0.538. The number of ether oxygens (including phenoxy) is 1. The highest BCUT2D eigenvalue weighted by Crippen LogP contribution is 2.28. The van der Waals surface area contributed by atoms with Crippen LogP contribution in [0.15, 0.2) is 23.2 Å². The highest BCUT2D eigenvalue weighted by Gasteiger charge is 2.32. The average Bonchev–Trinajstić information content (AvgIpc) is 2.52. The molecule has 2 heterocycles. The van der Waals surface area contributed by atoms with Crippen molar-refractivity contribution in [2.45, 2.75) is 6.18 Å². The van der Waals surface area contributed by atoms with E-state index in [0.29, 0.717) is 5.96 Å². The monoisotopic (exact) mass is 334 g/mol. The Morgan fingerprint density at radius 1 is 1.36 bits per heavy atom. The zero-order valence-electron chi connectivity index (χ0n) is 11.8. The first-order valence-electron chi connectivity index (χ1n) is 6.76. The molecule has 0 atom stereocenters. The topological polar surface area (TPSA) is 63.7 Å². The van der Waals surface area contributed by atoms with Crippen molar-refractivity contribution in [3.05, 3.63) is 23.9 Å². The molecule has 0 amide bonds. The minimum Gasteiger partial charge on any atom is -0.476 e. The van der Waals surface area contributed by atoms with E-state index in [2.05, 4.69) is 9.98 Å². The van der Waals surface area contributed by atoms with Crippen LogP contribution in [0.4, 0.5) is 13.2 Å². The fourth-order valence-corrected chi connectivity index (χ4v) is 2.76. The summed E-state index contributed by atoms with van der Waals surface area (Å²) in [6.07, 6.45) is -4.48. The summed E-state index contributed by atoms with van der Waals surface area (Å²) in [6.45, 7) is 2.11. The van der Waals surface area contributed by atoms with Gasteiger partial charge >= 0.3 is 6.18 Å². The lowest BCUT2D eigenvalue weighted by atomic mass is 10.3. The molecule has 0 unspecified atom stereocenters. The first-order chi connectivity index (χ1) is 10.5. The molecule has 0 spiro atoms. The Morgan fingerprint density at radius 2 is 2.09 bits per heavy atom. The van der Waals surface area contributed by atoms with Crippen molar-refractivity contribution in [1.82, 2.24) is 9.88 Å². The minimum absolute atomic E-state index is 0.0713.